The number of benzene rings is 1. The summed E-state index contributed by atoms with van der Waals surface area (Å²) in [6.45, 7) is 0.386. The van der Waals surface area contributed by atoms with E-state index in [9.17, 15) is 9.59 Å². The first-order valence-electron chi connectivity index (χ1n) is 7.08. The zero-order valence-corrected chi connectivity index (χ0v) is 12.6. The highest BCUT2D eigenvalue weighted by Crippen LogP contribution is 2.52. The van der Waals surface area contributed by atoms with Gasteiger partial charge >= 0.3 is 5.97 Å². The van der Waals surface area contributed by atoms with Crippen LogP contribution in [0.25, 0.3) is 0 Å². The molecule has 3 aliphatic rings. The Morgan fingerprint density at radius 1 is 1.50 bits per heavy atom. The molecule has 22 heavy (non-hydrogen) atoms. The summed E-state index contributed by atoms with van der Waals surface area (Å²) >= 11 is 6.01. The Morgan fingerprint density at radius 2 is 2.32 bits per heavy atom. The second kappa shape index (κ2) is 4.57. The van der Waals surface area contributed by atoms with Crippen LogP contribution in [0.4, 0.5) is 5.69 Å². The molecule has 4 rings (SSSR count). The third-order valence-corrected chi connectivity index (χ3v) is 4.93. The predicted octanol–water partition coefficient (Wildman–Crippen LogP) is 1.80. The number of hydrogen-bond donors (Lipinski definition) is 0. The fourth-order valence-electron chi connectivity index (χ4n) is 3.77. The molecule has 0 N–H and O–H groups in total. The number of amides is 1. The number of carbonyl (C=O) groups is 2. The summed E-state index contributed by atoms with van der Waals surface area (Å²) in [5.41, 5.74) is -0.0199. The summed E-state index contributed by atoms with van der Waals surface area (Å²) in [6, 6.07) is 7.11. The van der Waals surface area contributed by atoms with Crippen molar-refractivity contribution in [2.45, 2.75) is 11.7 Å². The fourth-order valence-corrected chi connectivity index (χ4v) is 3.95. The van der Waals surface area contributed by atoms with Crippen LogP contribution >= 0.6 is 11.6 Å². The standard InChI is InChI=1S/C16H14ClNO4/c1-21-15(20)12-11-5-6-16(22-11)8-18(14(19)13(12)16)10-4-2-3-9(17)7-10/h2-7,11-13H,8H2,1H3/t11-,12+,13-,16+/m0/s1. The molecular weight excluding hydrogens is 306 g/mol. The zero-order valence-electron chi connectivity index (χ0n) is 11.9. The van der Waals surface area contributed by atoms with E-state index >= 15 is 0 Å². The molecule has 3 aliphatic heterocycles. The highest BCUT2D eigenvalue weighted by molar-refractivity contribution is 6.31. The van der Waals surface area contributed by atoms with E-state index in [-0.39, 0.29) is 12.0 Å². The van der Waals surface area contributed by atoms with Crippen molar-refractivity contribution in [3.8, 4) is 0 Å². The van der Waals surface area contributed by atoms with Crippen molar-refractivity contribution in [3.63, 3.8) is 0 Å². The lowest BCUT2D eigenvalue weighted by atomic mass is 9.77. The fraction of sp³-hybridized carbons (Fsp3) is 0.375. The second-order valence-electron chi connectivity index (χ2n) is 5.83. The minimum absolute atomic E-state index is 0.121. The predicted molar refractivity (Wildman–Crippen MR) is 79.5 cm³/mol. The molecule has 1 aromatic rings. The van der Waals surface area contributed by atoms with Crippen LogP contribution in [0.3, 0.4) is 0 Å². The van der Waals surface area contributed by atoms with Crippen molar-refractivity contribution in [1.29, 1.82) is 0 Å². The van der Waals surface area contributed by atoms with Crippen LogP contribution in [0, 0.1) is 11.8 Å². The first-order valence-corrected chi connectivity index (χ1v) is 7.45. The van der Waals surface area contributed by atoms with Crippen LogP contribution in [-0.2, 0) is 19.1 Å². The molecular formula is C16H14ClNO4. The largest absolute Gasteiger partial charge is 0.469 e. The molecule has 1 aromatic carbocycles. The van der Waals surface area contributed by atoms with Crippen LogP contribution in [0.5, 0.6) is 0 Å². The minimum atomic E-state index is -0.733. The van der Waals surface area contributed by atoms with Crippen molar-refractivity contribution in [1.82, 2.24) is 0 Å². The Kier molecular flexibility index (Phi) is 2.86. The van der Waals surface area contributed by atoms with Gasteiger partial charge in [0, 0.05) is 10.7 Å². The second-order valence-corrected chi connectivity index (χ2v) is 6.26. The number of halogens is 1. The summed E-state index contributed by atoms with van der Waals surface area (Å²) < 4.78 is 10.8. The summed E-state index contributed by atoms with van der Waals surface area (Å²) in [5.74, 6) is -1.63. The van der Waals surface area contributed by atoms with Crippen LogP contribution < -0.4 is 4.90 Å². The smallest absolute Gasteiger partial charge is 0.312 e. The van der Waals surface area contributed by atoms with E-state index < -0.39 is 23.4 Å². The van der Waals surface area contributed by atoms with Gasteiger partial charge in [-0.05, 0) is 18.2 Å². The molecule has 0 unspecified atom stereocenters. The SMILES string of the molecule is COC(=O)[C@@H]1[C@@H]2C=C[C@]3(CN(c4cccc(Cl)c4)C(=O)[C@H]13)O2. The number of hydrogen-bond acceptors (Lipinski definition) is 4. The highest BCUT2D eigenvalue weighted by atomic mass is 35.5. The van der Waals surface area contributed by atoms with Crippen molar-refractivity contribution in [2.24, 2.45) is 11.8 Å². The molecule has 0 radical (unpaired) electrons. The molecule has 3 heterocycles. The third kappa shape index (κ3) is 1.69. The average Bonchev–Trinajstić information content (AvgIpc) is 3.15. The van der Waals surface area contributed by atoms with E-state index in [1.165, 1.54) is 7.11 Å². The average molecular weight is 320 g/mol. The van der Waals surface area contributed by atoms with Crippen molar-refractivity contribution >= 4 is 29.2 Å². The number of esters is 1. The molecule has 2 saturated heterocycles. The van der Waals surface area contributed by atoms with Gasteiger partial charge in [0.1, 0.15) is 11.5 Å². The van der Waals surface area contributed by atoms with Crippen molar-refractivity contribution in [2.75, 3.05) is 18.6 Å². The number of methoxy groups -OCH3 is 1. The lowest BCUT2D eigenvalue weighted by molar-refractivity contribution is -0.149. The molecule has 0 aliphatic carbocycles. The molecule has 2 bridgehead atoms. The van der Waals surface area contributed by atoms with Crippen LogP contribution in [0.1, 0.15) is 0 Å². The van der Waals surface area contributed by atoms with E-state index in [1.807, 2.05) is 18.2 Å². The maximum atomic E-state index is 12.9. The maximum Gasteiger partial charge on any atom is 0.312 e. The van der Waals surface area contributed by atoms with E-state index in [2.05, 4.69) is 0 Å². The Morgan fingerprint density at radius 3 is 3.05 bits per heavy atom. The normalized spacial score (nSPS) is 35.1. The van der Waals surface area contributed by atoms with Gasteiger partial charge in [0.25, 0.3) is 0 Å². The van der Waals surface area contributed by atoms with Gasteiger partial charge in [-0.3, -0.25) is 9.59 Å². The van der Waals surface area contributed by atoms with E-state index in [1.54, 1.807) is 23.1 Å². The summed E-state index contributed by atoms with van der Waals surface area (Å²) in [7, 11) is 1.33. The number of rotatable bonds is 2. The van der Waals surface area contributed by atoms with Crippen LogP contribution in [0.15, 0.2) is 36.4 Å². The summed E-state index contributed by atoms with van der Waals surface area (Å²) in [5, 5.41) is 0.560. The molecule has 114 valence electrons. The minimum Gasteiger partial charge on any atom is -0.469 e. The molecule has 2 fully saturated rings. The Hall–Kier alpha value is -1.85. The highest BCUT2D eigenvalue weighted by Gasteiger charge is 2.67. The summed E-state index contributed by atoms with van der Waals surface area (Å²) in [4.78, 5) is 26.6. The van der Waals surface area contributed by atoms with E-state index in [0.29, 0.717) is 17.3 Å². The number of anilines is 1. The molecule has 4 atom stereocenters. The zero-order chi connectivity index (χ0) is 15.5. The topological polar surface area (TPSA) is 55.8 Å². The lowest BCUT2D eigenvalue weighted by Crippen LogP contribution is -2.39. The molecule has 5 nitrogen and oxygen atoms in total. The van der Waals surface area contributed by atoms with Gasteiger partial charge < -0.3 is 14.4 Å². The first-order chi connectivity index (χ1) is 10.6. The number of carbonyl (C=O) groups excluding carboxylic acids is 2. The van der Waals surface area contributed by atoms with Gasteiger partial charge in [0.05, 0.1) is 25.7 Å². The van der Waals surface area contributed by atoms with E-state index in [0.717, 1.165) is 0 Å². The van der Waals surface area contributed by atoms with Gasteiger partial charge in [0.2, 0.25) is 5.91 Å². The first kappa shape index (κ1) is 13.8. The Balaban J connectivity index is 1.73. The molecule has 0 saturated carbocycles. The molecule has 1 spiro atoms. The van der Waals surface area contributed by atoms with Gasteiger partial charge in [-0.25, -0.2) is 0 Å². The lowest BCUT2D eigenvalue weighted by Gasteiger charge is -2.22. The third-order valence-electron chi connectivity index (χ3n) is 4.69. The van der Waals surface area contributed by atoms with Gasteiger partial charge in [-0.1, -0.05) is 29.8 Å². The van der Waals surface area contributed by atoms with Crippen LogP contribution in [0.2, 0.25) is 5.02 Å². The Labute approximate surface area is 132 Å². The van der Waals surface area contributed by atoms with Gasteiger partial charge in [-0.2, -0.15) is 0 Å². The molecule has 0 aromatic heterocycles. The summed E-state index contributed by atoms with van der Waals surface area (Å²) in [6.07, 6.45) is 3.39. The number of nitrogens with zero attached hydrogens (tertiary/aromatic N) is 1. The molecule has 6 heteroatoms. The number of ether oxygens (including phenoxy) is 2. The number of fused-ring (bicyclic) bond motifs is 1. The monoisotopic (exact) mass is 319 g/mol. The molecule has 1 amide bonds. The quantitative estimate of drug-likeness (QED) is 0.616. The van der Waals surface area contributed by atoms with Crippen molar-refractivity contribution in [3.05, 3.63) is 41.4 Å². The van der Waals surface area contributed by atoms with Crippen molar-refractivity contribution < 1.29 is 19.1 Å². The van der Waals surface area contributed by atoms with E-state index in [4.69, 9.17) is 21.1 Å². The Bertz CT molecular complexity index is 703. The maximum absolute atomic E-state index is 12.9. The van der Waals surface area contributed by atoms with Gasteiger partial charge in [-0.15, -0.1) is 0 Å². The van der Waals surface area contributed by atoms with Gasteiger partial charge in [0.15, 0.2) is 0 Å². The van der Waals surface area contributed by atoms with Crippen LogP contribution in [-0.4, -0.2) is 37.2 Å².